The van der Waals surface area contributed by atoms with E-state index in [1.165, 1.54) is 0 Å². The van der Waals surface area contributed by atoms with Crippen molar-refractivity contribution in [3.63, 3.8) is 0 Å². The van der Waals surface area contributed by atoms with Crippen molar-refractivity contribution < 1.29 is 19.0 Å². The Hall–Kier alpha value is -3.47. The van der Waals surface area contributed by atoms with Gasteiger partial charge >= 0.3 is 0 Å². The zero-order valence-electron chi connectivity index (χ0n) is 17.4. The van der Waals surface area contributed by atoms with E-state index in [1.807, 2.05) is 72.8 Å². The number of hydrogen-bond acceptors (Lipinski definition) is 4. The number of ether oxygens (including phenoxy) is 3. The lowest BCUT2D eigenvalue weighted by Crippen LogP contribution is -2.27. The van der Waals surface area contributed by atoms with Crippen molar-refractivity contribution in [3.8, 4) is 17.2 Å². The van der Waals surface area contributed by atoms with Gasteiger partial charge in [-0.1, -0.05) is 48.5 Å². The summed E-state index contributed by atoms with van der Waals surface area (Å²) in [6, 6.07) is 23.4. The predicted molar refractivity (Wildman–Crippen MR) is 117 cm³/mol. The van der Waals surface area contributed by atoms with Crippen molar-refractivity contribution in [1.29, 1.82) is 0 Å². The summed E-state index contributed by atoms with van der Waals surface area (Å²) in [7, 11) is 3.25. The Morgan fingerprint density at radius 3 is 2.37 bits per heavy atom. The van der Waals surface area contributed by atoms with E-state index in [0.29, 0.717) is 37.5 Å². The summed E-state index contributed by atoms with van der Waals surface area (Å²) in [6.45, 7) is 1.02. The average molecular weight is 405 g/mol. The van der Waals surface area contributed by atoms with Crippen LogP contribution in [0, 0.1) is 0 Å². The number of amides is 1. The van der Waals surface area contributed by atoms with E-state index in [0.717, 1.165) is 22.4 Å². The monoisotopic (exact) mass is 405 g/mol. The predicted octanol–water partition coefficient (Wildman–Crippen LogP) is 4.18. The molecule has 0 aliphatic rings. The molecule has 3 rings (SSSR count). The summed E-state index contributed by atoms with van der Waals surface area (Å²) in [6.07, 6.45) is 1.03. The normalized spacial score (nSPS) is 10.3. The van der Waals surface area contributed by atoms with E-state index in [4.69, 9.17) is 14.2 Å². The maximum absolute atomic E-state index is 12.2. The molecule has 0 aliphatic heterocycles. The third-order valence-corrected chi connectivity index (χ3v) is 4.70. The van der Waals surface area contributed by atoms with Gasteiger partial charge in [-0.2, -0.15) is 0 Å². The summed E-state index contributed by atoms with van der Waals surface area (Å²) in [5, 5.41) is 2.97. The summed E-state index contributed by atoms with van der Waals surface area (Å²) in [5.74, 6) is 2.12. The molecular weight excluding hydrogens is 378 g/mol. The van der Waals surface area contributed by atoms with Crippen LogP contribution < -0.4 is 19.5 Å². The number of carbonyl (C=O) groups excluding carboxylic acids is 1. The molecule has 0 saturated carbocycles. The van der Waals surface area contributed by atoms with Crippen molar-refractivity contribution in [2.24, 2.45) is 0 Å². The Balaban J connectivity index is 1.52. The molecule has 0 spiro atoms. The van der Waals surface area contributed by atoms with Crippen LogP contribution in [0.5, 0.6) is 17.2 Å². The van der Waals surface area contributed by atoms with Gasteiger partial charge in [0.05, 0.1) is 20.6 Å². The van der Waals surface area contributed by atoms with Crippen molar-refractivity contribution in [2.45, 2.75) is 19.4 Å². The quantitative estimate of drug-likeness (QED) is 0.550. The summed E-state index contributed by atoms with van der Waals surface area (Å²) >= 11 is 0. The number of nitrogens with one attached hydrogen (secondary N) is 1. The highest BCUT2D eigenvalue weighted by molar-refractivity contribution is 5.78. The van der Waals surface area contributed by atoms with Crippen LogP contribution in [-0.2, 0) is 24.2 Å². The van der Waals surface area contributed by atoms with E-state index in [9.17, 15) is 4.79 Å². The maximum Gasteiger partial charge on any atom is 0.224 e. The van der Waals surface area contributed by atoms with Gasteiger partial charge in [-0.25, -0.2) is 0 Å². The van der Waals surface area contributed by atoms with Gasteiger partial charge in [0.15, 0.2) is 11.5 Å². The van der Waals surface area contributed by atoms with E-state index >= 15 is 0 Å². The van der Waals surface area contributed by atoms with Gasteiger partial charge in [0.25, 0.3) is 0 Å². The molecule has 30 heavy (non-hydrogen) atoms. The van der Waals surface area contributed by atoms with Crippen LogP contribution in [0.4, 0.5) is 0 Å². The third-order valence-electron chi connectivity index (χ3n) is 4.70. The molecule has 0 bridgehead atoms. The van der Waals surface area contributed by atoms with Gasteiger partial charge in [-0.15, -0.1) is 0 Å². The molecule has 0 fully saturated rings. The van der Waals surface area contributed by atoms with Crippen molar-refractivity contribution in [3.05, 3.63) is 89.5 Å². The van der Waals surface area contributed by atoms with Gasteiger partial charge < -0.3 is 19.5 Å². The fourth-order valence-electron chi connectivity index (χ4n) is 3.10. The zero-order valence-corrected chi connectivity index (χ0v) is 17.4. The van der Waals surface area contributed by atoms with Crippen LogP contribution in [0.15, 0.2) is 72.8 Å². The highest BCUT2D eigenvalue weighted by atomic mass is 16.5. The lowest BCUT2D eigenvalue weighted by atomic mass is 10.1. The second kappa shape index (κ2) is 10.9. The first-order valence-electron chi connectivity index (χ1n) is 9.91. The van der Waals surface area contributed by atoms with Crippen LogP contribution in [0.1, 0.15) is 16.7 Å². The lowest BCUT2D eigenvalue weighted by molar-refractivity contribution is -0.120. The standard InChI is InChI=1S/C25H27NO4/c1-28-22-10-6-9-21(15-22)17-25(27)26-14-13-19-11-12-23(29-2)24(16-19)30-18-20-7-4-3-5-8-20/h3-12,15-16H,13-14,17-18H2,1-2H3,(H,26,27). The number of rotatable bonds is 10. The first-order chi connectivity index (χ1) is 14.7. The molecule has 5 heteroatoms. The maximum atomic E-state index is 12.2. The van der Waals surface area contributed by atoms with Gasteiger partial charge in [0.1, 0.15) is 12.4 Å². The SMILES string of the molecule is COc1cccc(CC(=O)NCCc2ccc(OC)c(OCc3ccccc3)c2)c1. The highest BCUT2D eigenvalue weighted by Gasteiger charge is 2.08. The fraction of sp³-hybridized carbons (Fsp3) is 0.240. The van der Waals surface area contributed by atoms with Crippen LogP contribution in [0.2, 0.25) is 0 Å². The Labute approximate surface area is 177 Å². The number of carbonyl (C=O) groups is 1. The van der Waals surface area contributed by atoms with Crippen LogP contribution in [-0.4, -0.2) is 26.7 Å². The first-order valence-corrected chi connectivity index (χ1v) is 9.91. The molecule has 1 N–H and O–H groups in total. The van der Waals surface area contributed by atoms with Crippen molar-refractivity contribution >= 4 is 5.91 Å². The topological polar surface area (TPSA) is 56.8 Å². The van der Waals surface area contributed by atoms with E-state index in [2.05, 4.69) is 5.32 Å². The number of benzene rings is 3. The number of hydrogen-bond donors (Lipinski definition) is 1. The van der Waals surface area contributed by atoms with Crippen LogP contribution in [0.25, 0.3) is 0 Å². The lowest BCUT2D eigenvalue weighted by Gasteiger charge is -2.13. The first kappa shape index (κ1) is 21.2. The molecule has 3 aromatic rings. The second-order valence-corrected chi connectivity index (χ2v) is 6.89. The summed E-state index contributed by atoms with van der Waals surface area (Å²) < 4.78 is 16.6. The van der Waals surface area contributed by atoms with Gasteiger partial charge in [0.2, 0.25) is 5.91 Å². The smallest absolute Gasteiger partial charge is 0.224 e. The minimum Gasteiger partial charge on any atom is -0.497 e. The minimum absolute atomic E-state index is 0.0164. The molecule has 0 atom stereocenters. The zero-order chi connectivity index (χ0) is 21.2. The molecule has 5 nitrogen and oxygen atoms in total. The highest BCUT2D eigenvalue weighted by Crippen LogP contribution is 2.29. The summed E-state index contributed by atoms with van der Waals surface area (Å²) in [4.78, 5) is 12.2. The minimum atomic E-state index is -0.0164. The Morgan fingerprint density at radius 1 is 0.800 bits per heavy atom. The molecule has 0 aromatic heterocycles. The van der Waals surface area contributed by atoms with E-state index < -0.39 is 0 Å². The molecule has 3 aromatic carbocycles. The van der Waals surface area contributed by atoms with E-state index in [-0.39, 0.29) is 5.91 Å². The van der Waals surface area contributed by atoms with Gasteiger partial charge in [0, 0.05) is 6.54 Å². The molecule has 0 aliphatic carbocycles. The number of methoxy groups -OCH3 is 2. The fourth-order valence-corrected chi connectivity index (χ4v) is 3.10. The van der Waals surface area contributed by atoms with Gasteiger partial charge in [-0.05, 0) is 47.4 Å². The molecule has 0 saturated heterocycles. The molecule has 0 unspecified atom stereocenters. The molecule has 0 radical (unpaired) electrons. The van der Waals surface area contributed by atoms with Crippen LogP contribution in [0.3, 0.4) is 0 Å². The molecular formula is C25H27NO4. The van der Waals surface area contributed by atoms with Crippen molar-refractivity contribution in [1.82, 2.24) is 5.32 Å². The van der Waals surface area contributed by atoms with Crippen LogP contribution >= 0.6 is 0 Å². The second-order valence-electron chi connectivity index (χ2n) is 6.89. The Morgan fingerprint density at radius 2 is 1.60 bits per heavy atom. The molecule has 1 amide bonds. The third kappa shape index (κ3) is 6.27. The summed E-state index contributed by atoms with van der Waals surface area (Å²) in [5.41, 5.74) is 3.09. The van der Waals surface area contributed by atoms with Gasteiger partial charge in [-0.3, -0.25) is 4.79 Å². The van der Waals surface area contributed by atoms with Crippen molar-refractivity contribution in [2.75, 3.05) is 20.8 Å². The average Bonchev–Trinajstić information content (AvgIpc) is 2.78. The molecule has 156 valence electrons. The largest absolute Gasteiger partial charge is 0.497 e. The Kier molecular flexibility index (Phi) is 7.72. The van der Waals surface area contributed by atoms with E-state index in [1.54, 1.807) is 14.2 Å². The molecule has 0 heterocycles. The Bertz CT molecular complexity index is 956.